The topological polar surface area (TPSA) is 43.4 Å². The lowest BCUT2D eigenvalue weighted by molar-refractivity contribution is -0.152. The van der Waals surface area contributed by atoms with Gasteiger partial charge in [-0.2, -0.15) is 0 Å². The molecule has 0 aliphatic heterocycles. The molecule has 0 saturated carbocycles. The van der Waals surface area contributed by atoms with Crippen molar-refractivity contribution in [3.8, 4) is 0 Å². The molecular formula is C6H9BrO3. The van der Waals surface area contributed by atoms with Crippen LogP contribution in [0, 0.1) is 0 Å². The minimum atomic E-state index is -0.749. The fourth-order valence-electron chi connectivity index (χ4n) is 0.321. The standard InChI is InChI=1S/C6H9BrO3/c1-5(8)6(9)10-4-2-3-7/h2-4H2,1H3. The van der Waals surface area contributed by atoms with Crippen LogP contribution in [-0.4, -0.2) is 23.7 Å². The van der Waals surface area contributed by atoms with Gasteiger partial charge in [0.25, 0.3) is 0 Å². The van der Waals surface area contributed by atoms with Gasteiger partial charge in [-0.15, -0.1) is 0 Å². The van der Waals surface area contributed by atoms with Gasteiger partial charge in [-0.3, -0.25) is 4.79 Å². The third kappa shape index (κ3) is 4.49. The predicted molar refractivity (Wildman–Crippen MR) is 40.1 cm³/mol. The maximum absolute atomic E-state index is 10.4. The predicted octanol–water partition coefficient (Wildman–Crippen LogP) is 0.904. The second kappa shape index (κ2) is 5.41. The van der Waals surface area contributed by atoms with Gasteiger partial charge >= 0.3 is 5.97 Å². The van der Waals surface area contributed by atoms with Gasteiger partial charge in [0.2, 0.25) is 5.78 Å². The Kier molecular flexibility index (Phi) is 5.20. The summed E-state index contributed by atoms with van der Waals surface area (Å²) in [6, 6.07) is 0. The maximum Gasteiger partial charge on any atom is 0.374 e. The molecule has 0 saturated heterocycles. The molecule has 58 valence electrons. The zero-order chi connectivity index (χ0) is 7.98. The first-order valence-corrected chi connectivity index (χ1v) is 4.04. The van der Waals surface area contributed by atoms with E-state index < -0.39 is 11.8 Å². The maximum atomic E-state index is 10.4. The smallest absolute Gasteiger partial charge is 0.374 e. The zero-order valence-corrected chi connectivity index (χ0v) is 7.31. The summed E-state index contributed by atoms with van der Waals surface area (Å²) in [6.45, 7) is 1.50. The van der Waals surface area contributed by atoms with Gasteiger partial charge in [-0.25, -0.2) is 4.79 Å². The molecule has 4 heteroatoms. The van der Waals surface area contributed by atoms with Crippen molar-refractivity contribution >= 4 is 27.7 Å². The first-order chi connectivity index (χ1) is 4.68. The van der Waals surface area contributed by atoms with Crippen LogP contribution in [0.25, 0.3) is 0 Å². The summed E-state index contributed by atoms with van der Waals surface area (Å²) in [5, 5.41) is 0.776. The number of ether oxygens (including phenoxy) is 1. The van der Waals surface area contributed by atoms with Crippen LogP contribution in [0.15, 0.2) is 0 Å². The van der Waals surface area contributed by atoms with E-state index >= 15 is 0 Å². The number of carbonyl (C=O) groups is 2. The summed E-state index contributed by atoms with van der Waals surface area (Å²) in [7, 11) is 0. The Morgan fingerprint density at radius 1 is 1.50 bits per heavy atom. The Hall–Kier alpha value is -0.380. The molecule has 0 aromatic heterocycles. The van der Waals surface area contributed by atoms with E-state index in [-0.39, 0.29) is 0 Å². The minimum Gasteiger partial charge on any atom is -0.460 e. The molecule has 0 atom stereocenters. The van der Waals surface area contributed by atoms with E-state index in [1.807, 2.05) is 0 Å². The van der Waals surface area contributed by atoms with Crippen molar-refractivity contribution in [2.75, 3.05) is 11.9 Å². The van der Waals surface area contributed by atoms with E-state index in [0.29, 0.717) is 6.61 Å². The van der Waals surface area contributed by atoms with Gasteiger partial charge < -0.3 is 4.74 Å². The number of halogens is 1. The van der Waals surface area contributed by atoms with Crippen LogP contribution in [0.1, 0.15) is 13.3 Å². The third-order valence-electron chi connectivity index (χ3n) is 0.799. The van der Waals surface area contributed by atoms with Crippen LogP contribution in [-0.2, 0) is 14.3 Å². The fourth-order valence-corrected chi connectivity index (χ4v) is 0.550. The number of Topliss-reactive ketones (excluding diaryl/α,β-unsaturated/α-hetero) is 1. The highest BCUT2D eigenvalue weighted by Gasteiger charge is 2.06. The van der Waals surface area contributed by atoms with E-state index in [2.05, 4.69) is 20.7 Å². The molecule has 0 unspecified atom stereocenters. The molecule has 0 fully saturated rings. The second-order valence-electron chi connectivity index (χ2n) is 1.73. The van der Waals surface area contributed by atoms with Gasteiger partial charge in [-0.1, -0.05) is 15.9 Å². The Balaban J connectivity index is 3.31. The van der Waals surface area contributed by atoms with Crippen molar-refractivity contribution in [3.05, 3.63) is 0 Å². The number of carbonyl (C=O) groups excluding carboxylic acids is 2. The fraction of sp³-hybridized carbons (Fsp3) is 0.667. The molecule has 0 rings (SSSR count). The minimum absolute atomic E-state index is 0.309. The Morgan fingerprint density at radius 3 is 2.50 bits per heavy atom. The molecule has 10 heavy (non-hydrogen) atoms. The molecular weight excluding hydrogens is 200 g/mol. The number of ketones is 1. The van der Waals surface area contributed by atoms with Gasteiger partial charge in [0.15, 0.2) is 0 Å². The number of hydrogen-bond acceptors (Lipinski definition) is 3. The van der Waals surface area contributed by atoms with Crippen molar-refractivity contribution in [2.24, 2.45) is 0 Å². The van der Waals surface area contributed by atoms with Crippen molar-refractivity contribution in [1.82, 2.24) is 0 Å². The lowest BCUT2D eigenvalue weighted by Crippen LogP contribution is -2.14. The Labute approximate surface area is 67.9 Å². The van der Waals surface area contributed by atoms with Crippen LogP contribution in [0.5, 0.6) is 0 Å². The highest BCUT2D eigenvalue weighted by molar-refractivity contribution is 9.09. The largest absolute Gasteiger partial charge is 0.460 e. The molecule has 0 N–H and O–H groups in total. The molecule has 0 aromatic rings. The molecule has 0 aromatic carbocycles. The highest BCUT2D eigenvalue weighted by atomic mass is 79.9. The molecule has 0 heterocycles. The molecule has 0 bridgehead atoms. The lowest BCUT2D eigenvalue weighted by Gasteiger charge is -1.98. The summed E-state index contributed by atoms with van der Waals surface area (Å²) < 4.78 is 4.53. The molecule has 0 amide bonds. The van der Waals surface area contributed by atoms with Gasteiger partial charge in [-0.05, 0) is 6.42 Å². The number of hydrogen-bond donors (Lipinski definition) is 0. The molecule has 0 aliphatic rings. The molecule has 0 spiro atoms. The van der Waals surface area contributed by atoms with Gasteiger partial charge in [0.05, 0.1) is 6.61 Å². The quantitative estimate of drug-likeness (QED) is 0.299. The van der Waals surface area contributed by atoms with Crippen LogP contribution >= 0.6 is 15.9 Å². The van der Waals surface area contributed by atoms with Crippen molar-refractivity contribution in [3.63, 3.8) is 0 Å². The third-order valence-corrected chi connectivity index (χ3v) is 1.36. The SMILES string of the molecule is CC(=O)C(=O)OCCCBr. The van der Waals surface area contributed by atoms with Gasteiger partial charge in [0, 0.05) is 12.3 Å². The van der Waals surface area contributed by atoms with Crippen LogP contribution in [0.3, 0.4) is 0 Å². The first-order valence-electron chi connectivity index (χ1n) is 2.92. The molecule has 0 radical (unpaired) electrons. The molecule has 0 aliphatic carbocycles. The van der Waals surface area contributed by atoms with E-state index in [9.17, 15) is 9.59 Å². The van der Waals surface area contributed by atoms with Gasteiger partial charge in [0.1, 0.15) is 0 Å². The van der Waals surface area contributed by atoms with E-state index in [0.717, 1.165) is 11.8 Å². The van der Waals surface area contributed by atoms with Crippen LogP contribution in [0.2, 0.25) is 0 Å². The Morgan fingerprint density at radius 2 is 2.10 bits per heavy atom. The molecule has 3 nitrogen and oxygen atoms in total. The number of alkyl halides is 1. The summed E-state index contributed by atoms with van der Waals surface area (Å²) >= 11 is 3.16. The summed E-state index contributed by atoms with van der Waals surface area (Å²) in [5.41, 5.74) is 0. The second-order valence-corrected chi connectivity index (χ2v) is 2.53. The van der Waals surface area contributed by atoms with E-state index in [1.54, 1.807) is 0 Å². The van der Waals surface area contributed by atoms with Crippen LogP contribution in [0.4, 0.5) is 0 Å². The number of rotatable bonds is 4. The Bertz CT molecular complexity index is 133. The number of esters is 1. The summed E-state index contributed by atoms with van der Waals surface area (Å²) in [4.78, 5) is 20.7. The van der Waals surface area contributed by atoms with Crippen molar-refractivity contribution < 1.29 is 14.3 Å². The van der Waals surface area contributed by atoms with Crippen molar-refractivity contribution in [1.29, 1.82) is 0 Å². The average molecular weight is 209 g/mol. The summed E-state index contributed by atoms with van der Waals surface area (Å²) in [6.07, 6.45) is 0.735. The van der Waals surface area contributed by atoms with E-state index in [1.165, 1.54) is 6.92 Å². The highest BCUT2D eigenvalue weighted by Crippen LogP contribution is 1.89. The van der Waals surface area contributed by atoms with Crippen LogP contribution < -0.4 is 0 Å². The average Bonchev–Trinajstić information content (AvgIpc) is 1.88. The normalized spacial score (nSPS) is 9.00. The zero-order valence-electron chi connectivity index (χ0n) is 5.72. The van der Waals surface area contributed by atoms with E-state index in [4.69, 9.17) is 0 Å². The lowest BCUT2D eigenvalue weighted by atomic mass is 10.4. The van der Waals surface area contributed by atoms with Crippen molar-refractivity contribution in [2.45, 2.75) is 13.3 Å². The monoisotopic (exact) mass is 208 g/mol. The summed E-state index contributed by atoms with van der Waals surface area (Å²) in [5.74, 6) is -1.30. The first kappa shape index (κ1) is 9.62.